The average molecular weight is 346 g/mol. The first kappa shape index (κ1) is 13.3. The van der Waals surface area contributed by atoms with Crippen LogP contribution in [-0.2, 0) is 6.54 Å². The highest BCUT2D eigenvalue weighted by Crippen LogP contribution is 2.35. The maximum absolute atomic E-state index is 8.64. The molecule has 2 rings (SSSR count). The highest BCUT2D eigenvalue weighted by atomic mass is 79.9. The van der Waals surface area contributed by atoms with Crippen LogP contribution in [0.2, 0.25) is 10.0 Å². The monoisotopic (exact) mass is 344 g/mol. The molecule has 1 aromatic carbocycles. The molecule has 0 saturated heterocycles. The van der Waals surface area contributed by atoms with E-state index in [1.165, 1.54) is 0 Å². The van der Waals surface area contributed by atoms with Crippen molar-refractivity contribution in [1.82, 2.24) is 0 Å². The van der Waals surface area contributed by atoms with Crippen molar-refractivity contribution in [3.8, 4) is 6.07 Å². The predicted molar refractivity (Wildman–Crippen MR) is 74.9 cm³/mol. The summed E-state index contributed by atoms with van der Waals surface area (Å²) in [5.41, 5.74) is 0.708. The van der Waals surface area contributed by atoms with Crippen LogP contribution in [0.4, 0.5) is 5.69 Å². The second-order valence-electron chi connectivity index (χ2n) is 3.45. The molecule has 0 atom stereocenters. The van der Waals surface area contributed by atoms with Gasteiger partial charge in [0.25, 0.3) is 0 Å². The number of rotatable bonds is 3. The Bertz CT molecular complexity index is 619. The van der Waals surface area contributed by atoms with Gasteiger partial charge in [0.15, 0.2) is 0 Å². The van der Waals surface area contributed by atoms with Crippen LogP contribution in [0.25, 0.3) is 0 Å². The lowest BCUT2D eigenvalue weighted by Crippen LogP contribution is -1.99. The Kier molecular flexibility index (Phi) is 4.18. The third-order valence-electron chi connectivity index (χ3n) is 2.26. The Hall–Kier alpha value is -1.15. The molecule has 0 aliphatic carbocycles. The van der Waals surface area contributed by atoms with Crippen molar-refractivity contribution in [3.05, 3.63) is 50.3 Å². The van der Waals surface area contributed by atoms with Crippen LogP contribution in [0, 0.1) is 11.3 Å². The van der Waals surface area contributed by atoms with Crippen LogP contribution < -0.4 is 5.32 Å². The van der Waals surface area contributed by atoms with Gasteiger partial charge in [0.2, 0.25) is 5.76 Å². The Morgan fingerprint density at radius 1 is 1.22 bits per heavy atom. The van der Waals surface area contributed by atoms with Gasteiger partial charge in [-0.15, -0.1) is 0 Å². The fourth-order valence-electron chi connectivity index (χ4n) is 1.38. The van der Waals surface area contributed by atoms with Gasteiger partial charge in [-0.1, -0.05) is 23.2 Å². The number of hydrogen-bond acceptors (Lipinski definition) is 3. The molecule has 6 heteroatoms. The summed E-state index contributed by atoms with van der Waals surface area (Å²) in [6.07, 6.45) is 0. The van der Waals surface area contributed by atoms with Gasteiger partial charge in [0.1, 0.15) is 11.8 Å². The highest BCUT2D eigenvalue weighted by Gasteiger charge is 2.09. The molecule has 18 heavy (non-hydrogen) atoms. The van der Waals surface area contributed by atoms with E-state index in [1.807, 2.05) is 12.1 Å². The predicted octanol–water partition coefficient (Wildman–Crippen LogP) is 4.83. The topological polar surface area (TPSA) is 49.0 Å². The molecular weight excluding hydrogens is 339 g/mol. The maximum Gasteiger partial charge on any atom is 0.203 e. The lowest BCUT2D eigenvalue weighted by atomic mass is 10.3. The number of benzene rings is 1. The first-order valence-corrected chi connectivity index (χ1v) is 6.53. The number of nitrogens with zero attached hydrogens (tertiary/aromatic N) is 1. The van der Waals surface area contributed by atoms with Crippen molar-refractivity contribution >= 4 is 44.8 Å². The molecule has 0 bridgehead atoms. The van der Waals surface area contributed by atoms with Crippen molar-refractivity contribution in [2.75, 3.05) is 5.32 Å². The second kappa shape index (κ2) is 5.66. The van der Waals surface area contributed by atoms with E-state index in [2.05, 4.69) is 21.2 Å². The number of furan rings is 1. The number of hydrogen-bond donors (Lipinski definition) is 1. The molecule has 1 heterocycles. The number of nitriles is 1. The van der Waals surface area contributed by atoms with Crippen LogP contribution in [0.15, 0.2) is 33.2 Å². The van der Waals surface area contributed by atoms with Crippen molar-refractivity contribution in [1.29, 1.82) is 5.26 Å². The van der Waals surface area contributed by atoms with E-state index in [0.29, 0.717) is 28.0 Å². The first-order valence-electron chi connectivity index (χ1n) is 4.98. The van der Waals surface area contributed by atoms with Crippen LogP contribution in [0.3, 0.4) is 0 Å². The van der Waals surface area contributed by atoms with Crippen LogP contribution >= 0.6 is 39.1 Å². The zero-order valence-corrected chi connectivity index (χ0v) is 12.1. The van der Waals surface area contributed by atoms with E-state index in [-0.39, 0.29) is 5.76 Å². The Balaban J connectivity index is 2.11. The van der Waals surface area contributed by atoms with E-state index >= 15 is 0 Å². The minimum absolute atomic E-state index is 0.284. The third-order valence-corrected chi connectivity index (χ3v) is 4.03. The summed E-state index contributed by atoms with van der Waals surface area (Å²) in [6.45, 7) is 0.430. The summed E-state index contributed by atoms with van der Waals surface area (Å²) in [6, 6.07) is 8.90. The molecule has 0 aliphatic rings. The second-order valence-corrected chi connectivity index (χ2v) is 5.06. The standard InChI is InChI=1S/C12H7BrCl2N2O/c13-9-3-4-10(12(15)11(9)14)17-6-8-2-1-7(5-16)18-8/h1-4,17H,6H2. The van der Waals surface area contributed by atoms with E-state index in [9.17, 15) is 0 Å². The Morgan fingerprint density at radius 3 is 2.67 bits per heavy atom. The molecule has 0 amide bonds. The largest absolute Gasteiger partial charge is 0.449 e. The smallest absolute Gasteiger partial charge is 0.203 e. The fourth-order valence-corrected chi connectivity index (χ4v) is 2.22. The molecule has 1 aromatic heterocycles. The van der Waals surface area contributed by atoms with E-state index < -0.39 is 0 Å². The highest BCUT2D eigenvalue weighted by molar-refractivity contribution is 9.10. The van der Waals surface area contributed by atoms with Gasteiger partial charge >= 0.3 is 0 Å². The number of halogens is 3. The molecule has 3 nitrogen and oxygen atoms in total. The van der Waals surface area contributed by atoms with Gasteiger partial charge in [-0.3, -0.25) is 0 Å². The summed E-state index contributed by atoms with van der Waals surface area (Å²) in [5.74, 6) is 0.938. The molecular formula is C12H7BrCl2N2O. The molecule has 1 N–H and O–H groups in total. The van der Waals surface area contributed by atoms with Crippen LogP contribution in [-0.4, -0.2) is 0 Å². The summed E-state index contributed by atoms with van der Waals surface area (Å²) >= 11 is 15.4. The van der Waals surface area contributed by atoms with Crippen molar-refractivity contribution in [3.63, 3.8) is 0 Å². The lowest BCUT2D eigenvalue weighted by molar-refractivity contribution is 0.506. The minimum atomic E-state index is 0.284. The molecule has 0 unspecified atom stereocenters. The van der Waals surface area contributed by atoms with E-state index in [1.54, 1.807) is 18.2 Å². The summed E-state index contributed by atoms with van der Waals surface area (Å²) in [7, 11) is 0. The van der Waals surface area contributed by atoms with E-state index in [0.717, 1.165) is 4.47 Å². The first-order chi connectivity index (χ1) is 8.61. The molecule has 92 valence electrons. The SMILES string of the molecule is N#Cc1ccc(CNc2ccc(Br)c(Cl)c2Cl)o1. The molecule has 0 radical (unpaired) electrons. The average Bonchev–Trinajstić information content (AvgIpc) is 2.83. The van der Waals surface area contributed by atoms with Crippen LogP contribution in [0.1, 0.15) is 11.5 Å². The van der Waals surface area contributed by atoms with Gasteiger partial charge in [-0.05, 0) is 40.2 Å². The summed E-state index contributed by atoms with van der Waals surface area (Å²) in [5, 5.41) is 12.6. The normalized spacial score (nSPS) is 10.1. The van der Waals surface area contributed by atoms with Crippen LogP contribution in [0.5, 0.6) is 0 Å². The Morgan fingerprint density at radius 2 is 2.00 bits per heavy atom. The quantitative estimate of drug-likeness (QED) is 0.810. The van der Waals surface area contributed by atoms with Gasteiger partial charge in [0, 0.05) is 4.47 Å². The van der Waals surface area contributed by atoms with Gasteiger partial charge in [-0.25, -0.2) is 0 Å². The molecule has 0 aliphatic heterocycles. The number of nitrogens with one attached hydrogen (secondary N) is 1. The molecule has 0 spiro atoms. The molecule has 0 fully saturated rings. The Labute approximate surface area is 122 Å². The minimum Gasteiger partial charge on any atom is -0.449 e. The summed E-state index contributed by atoms with van der Waals surface area (Å²) in [4.78, 5) is 0. The summed E-state index contributed by atoms with van der Waals surface area (Å²) < 4.78 is 5.98. The third kappa shape index (κ3) is 2.81. The fraction of sp³-hybridized carbons (Fsp3) is 0.0833. The van der Waals surface area contributed by atoms with Crippen molar-refractivity contribution in [2.45, 2.75) is 6.54 Å². The molecule has 0 saturated carbocycles. The van der Waals surface area contributed by atoms with E-state index in [4.69, 9.17) is 32.9 Å². The van der Waals surface area contributed by atoms with Gasteiger partial charge < -0.3 is 9.73 Å². The maximum atomic E-state index is 8.64. The zero-order chi connectivity index (χ0) is 13.1. The lowest BCUT2D eigenvalue weighted by Gasteiger charge is -2.09. The zero-order valence-electron chi connectivity index (χ0n) is 9.01. The van der Waals surface area contributed by atoms with Gasteiger partial charge in [0.05, 0.1) is 22.3 Å². The number of anilines is 1. The van der Waals surface area contributed by atoms with Gasteiger partial charge in [-0.2, -0.15) is 5.26 Å². The molecule has 2 aromatic rings. The van der Waals surface area contributed by atoms with Crippen molar-refractivity contribution in [2.24, 2.45) is 0 Å². The van der Waals surface area contributed by atoms with Crippen molar-refractivity contribution < 1.29 is 4.42 Å².